The molecule has 1 unspecified atom stereocenters. The number of esters is 1. The van der Waals surface area contributed by atoms with E-state index in [1.165, 1.54) is 44.9 Å². The van der Waals surface area contributed by atoms with Crippen molar-refractivity contribution in [3.05, 3.63) is 42.5 Å². The number of unbranched alkanes of at least 4 members (excludes halogenated alkanes) is 6. The van der Waals surface area contributed by atoms with E-state index in [0.29, 0.717) is 19.0 Å². The zero-order valence-electron chi connectivity index (χ0n) is 15.4. The summed E-state index contributed by atoms with van der Waals surface area (Å²) in [5, 5.41) is 9.58. The first-order valence-corrected chi connectivity index (χ1v) is 9.35. The van der Waals surface area contributed by atoms with Crippen LogP contribution in [0.5, 0.6) is 5.75 Å². The van der Waals surface area contributed by atoms with Crippen LogP contribution in [0.4, 0.5) is 0 Å². The third-order valence-corrected chi connectivity index (χ3v) is 4.02. The smallest absolute Gasteiger partial charge is 0.330 e. The first-order chi connectivity index (χ1) is 12.2. The number of benzene rings is 1. The summed E-state index contributed by atoms with van der Waals surface area (Å²) in [6, 6.07) is 7.67. The summed E-state index contributed by atoms with van der Waals surface area (Å²) in [7, 11) is 0. The molecule has 1 aliphatic rings. The highest BCUT2D eigenvalue weighted by Crippen LogP contribution is 2.18. The first kappa shape index (κ1) is 21.2. The van der Waals surface area contributed by atoms with Crippen LogP contribution in [-0.4, -0.2) is 30.4 Å². The van der Waals surface area contributed by atoms with Crippen molar-refractivity contribution >= 4 is 5.97 Å². The van der Waals surface area contributed by atoms with E-state index in [9.17, 15) is 9.90 Å². The highest BCUT2D eigenvalue weighted by molar-refractivity contribution is 5.81. The van der Waals surface area contributed by atoms with Gasteiger partial charge in [0.25, 0.3) is 0 Å². The molecule has 1 aliphatic heterocycles. The molecule has 0 saturated carbocycles. The van der Waals surface area contributed by atoms with Crippen molar-refractivity contribution in [3.63, 3.8) is 0 Å². The summed E-state index contributed by atoms with van der Waals surface area (Å²) in [5.41, 5.74) is 1.09. The van der Waals surface area contributed by atoms with Gasteiger partial charge in [0.1, 0.15) is 18.5 Å². The van der Waals surface area contributed by atoms with Crippen molar-refractivity contribution < 1.29 is 19.4 Å². The third-order valence-electron chi connectivity index (χ3n) is 4.02. The Labute approximate surface area is 151 Å². The molecule has 1 atom stereocenters. The van der Waals surface area contributed by atoms with Crippen LogP contribution in [0.25, 0.3) is 0 Å². The van der Waals surface area contributed by atoms with Crippen molar-refractivity contribution in [1.29, 1.82) is 0 Å². The molecule has 0 aliphatic carbocycles. The van der Waals surface area contributed by atoms with Crippen molar-refractivity contribution in [2.75, 3.05) is 13.2 Å². The van der Waals surface area contributed by atoms with E-state index in [1.54, 1.807) is 6.07 Å². The van der Waals surface area contributed by atoms with Crippen LogP contribution in [0.3, 0.4) is 0 Å². The number of carbonyl (C=O) groups excluding carboxylic acids is 1. The first-order valence-electron chi connectivity index (χ1n) is 9.35. The maximum Gasteiger partial charge on any atom is 0.330 e. The summed E-state index contributed by atoms with van der Waals surface area (Å²) in [4.78, 5) is 10.3. The Hall–Kier alpha value is -1.81. The molecule has 140 valence electrons. The summed E-state index contributed by atoms with van der Waals surface area (Å²) in [6.07, 6.45) is 11.6. The molecule has 4 nitrogen and oxygen atoms in total. The molecule has 0 aromatic heterocycles. The molecule has 1 saturated heterocycles. The second-order valence-electron chi connectivity index (χ2n) is 6.29. The molecule has 0 bridgehead atoms. The maximum absolute atomic E-state index is 10.3. The maximum atomic E-state index is 10.3. The number of aryl methyl sites for hydroxylation is 1. The number of rotatable bonds is 11. The van der Waals surface area contributed by atoms with E-state index in [-0.39, 0.29) is 12.1 Å². The van der Waals surface area contributed by atoms with Gasteiger partial charge in [0, 0.05) is 6.08 Å². The molecule has 2 rings (SSSR count). The van der Waals surface area contributed by atoms with Gasteiger partial charge in [-0.2, -0.15) is 0 Å². The predicted octanol–water partition coefficient (Wildman–Crippen LogP) is 4.80. The molecule has 4 heteroatoms. The number of hydrogen-bond donors (Lipinski definition) is 1. The van der Waals surface area contributed by atoms with Gasteiger partial charge in [-0.05, 0) is 24.5 Å². The monoisotopic (exact) mass is 348 g/mol. The fourth-order valence-electron chi connectivity index (χ4n) is 2.39. The second kappa shape index (κ2) is 13.5. The lowest BCUT2D eigenvalue weighted by Crippen LogP contribution is -2.06. The van der Waals surface area contributed by atoms with Crippen LogP contribution in [0.15, 0.2) is 36.9 Å². The van der Waals surface area contributed by atoms with Crippen LogP contribution in [0, 0.1) is 0 Å². The molecule has 0 radical (unpaired) electrons. The Bertz CT molecular complexity index is 494. The lowest BCUT2D eigenvalue weighted by atomic mass is 10.0. The largest absolute Gasteiger partial charge is 0.508 e. The van der Waals surface area contributed by atoms with Gasteiger partial charge in [-0.15, -0.1) is 0 Å². The SMILES string of the molecule is C=CC(=O)OCC1CO1.CCCCCCCCCc1ccccc1O. The molecule has 1 aromatic rings. The van der Waals surface area contributed by atoms with E-state index in [1.807, 2.05) is 18.2 Å². The van der Waals surface area contributed by atoms with Crippen molar-refractivity contribution in [2.24, 2.45) is 0 Å². The minimum absolute atomic E-state index is 0.147. The van der Waals surface area contributed by atoms with Crippen molar-refractivity contribution in [2.45, 2.75) is 64.4 Å². The normalized spacial score (nSPS) is 15.0. The number of epoxide rings is 1. The average Bonchev–Trinajstić information content (AvgIpc) is 3.45. The number of carbonyl (C=O) groups is 1. The van der Waals surface area contributed by atoms with Gasteiger partial charge in [-0.3, -0.25) is 0 Å². The molecule has 1 N–H and O–H groups in total. The van der Waals surface area contributed by atoms with Gasteiger partial charge in [-0.1, -0.05) is 70.2 Å². The molecular weight excluding hydrogens is 316 g/mol. The van der Waals surface area contributed by atoms with Gasteiger partial charge in [0.15, 0.2) is 0 Å². The number of aromatic hydroxyl groups is 1. The Kier molecular flexibility index (Phi) is 11.4. The minimum atomic E-state index is -0.384. The molecule has 1 aromatic carbocycles. The number of ether oxygens (including phenoxy) is 2. The standard InChI is InChI=1S/C15H24O.C6H8O3/c1-2-3-4-5-6-7-8-11-14-12-9-10-13-15(14)16;1-2-6(7)9-4-5-3-8-5/h9-10,12-13,16H,2-8,11H2,1H3;2,5H,1,3-4H2. The van der Waals surface area contributed by atoms with Crippen LogP contribution in [0.1, 0.15) is 57.4 Å². The highest BCUT2D eigenvalue weighted by Gasteiger charge is 2.23. The van der Waals surface area contributed by atoms with E-state index in [4.69, 9.17) is 4.74 Å². The summed E-state index contributed by atoms with van der Waals surface area (Å²) >= 11 is 0. The predicted molar refractivity (Wildman–Crippen MR) is 101 cm³/mol. The number of phenolic OH excluding ortho intramolecular Hbond substituents is 1. The topological polar surface area (TPSA) is 59.1 Å². The van der Waals surface area contributed by atoms with E-state index < -0.39 is 0 Å². The molecule has 1 heterocycles. The van der Waals surface area contributed by atoms with Gasteiger partial charge >= 0.3 is 5.97 Å². The van der Waals surface area contributed by atoms with Crippen LogP contribution in [-0.2, 0) is 20.7 Å². The Morgan fingerprint density at radius 2 is 1.88 bits per heavy atom. The third kappa shape index (κ3) is 11.4. The molecule has 0 spiro atoms. The van der Waals surface area contributed by atoms with Gasteiger partial charge in [-0.25, -0.2) is 4.79 Å². The molecular formula is C21H32O4. The highest BCUT2D eigenvalue weighted by atomic mass is 16.6. The van der Waals surface area contributed by atoms with Crippen LogP contribution >= 0.6 is 0 Å². The molecule has 25 heavy (non-hydrogen) atoms. The van der Waals surface area contributed by atoms with Crippen molar-refractivity contribution in [3.8, 4) is 5.75 Å². The Morgan fingerprint density at radius 3 is 2.48 bits per heavy atom. The Balaban J connectivity index is 0.000000293. The van der Waals surface area contributed by atoms with E-state index in [0.717, 1.165) is 18.1 Å². The molecule has 1 fully saturated rings. The number of phenols is 1. The van der Waals surface area contributed by atoms with Gasteiger partial charge in [0.05, 0.1) is 6.61 Å². The average molecular weight is 348 g/mol. The summed E-state index contributed by atoms with van der Waals surface area (Å²) in [5.74, 6) is 0.0685. The summed E-state index contributed by atoms with van der Waals surface area (Å²) in [6.45, 7) is 6.57. The van der Waals surface area contributed by atoms with E-state index >= 15 is 0 Å². The van der Waals surface area contributed by atoms with E-state index in [2.05, 4.69) is 18.2 Å². The van der Waals surface area contributed by atoms with Crippen LogP contribution < -0.4 is 0 Å². The van der Waals surface area contributed by atoms with Crippen LogP contribution in [0.2, 0.25) is 0 Å². The summed E-state index contributed by atoms with van der Waals surface area (Å²) < 4.78 is 9.42. The fourth-order valence-corrected chi connectivity index (χ4v) is 2.39. The second-order valence-corrected chi connectivity index (χ2v) is 6.29. The zero-order valence-corrected chi connectivity index (χ0v) is 15.4. The number of hydrogen-bond acceptors (Lipinski definition) is 4. The fraction of sp³-hybridized carbons (Fsp3) is 0.571. The lowest BCUT2D eigenvalue weighted by molar-refractivity contribution is -0.138. The molecule has 0 amide bonds. The number of para-hydroxylation sites is 1. The quantitative estimate of drug-likeness (QED) is 0.270. The van der Waals surface area contributed by atoms with Crippen molar-refractivity contribution in [1.82, 2.24) is 0 Å². The lowest BCUT2D eigenvalue weighted by Gasteiger charge is -2.04. The minimum Gasteiger partial charge on any atom is -0.508 e. The van der Waals surface area contributed by atoms with Gasteiger partial charge < -0.3 is 14.6 Å². The Morgan fingerprint density at radius 1 is 1.24 bits per heavy atom. The van der Waals surface area contributed by atoms with Gasteiger partial charge in [0.2, 0.25) is 0 Å². The zero-order chi connectivity index (χ0) is 18.3.